The largest absolute Gasteiger partial charge is 0.321 e. The van der Waals surface area contributed by atoms with E-state index >= 15 is 0 Å². The van der Waals surface area contributed by atoms with Crippen molar-refractivity contribution in [1.82, 2.24) is 4.98 Å². The average Bonchev–Trinajstić information content (AvgIpc) is 2.39. The quantitative estimate of drug-likeness (QED) is 0.921. The molecule has 0 saturated heterocycles. The van der Waals surface area contributed by atoms with Gasteiger partial charge < -0.3 is 5.32 Å². The fourth-order valence-corrected chi connectivity index (χ4v) is 1.84. The molecule has 0 atom stereocenters. The van der Waals surface area contributed by atoms with Crippen molar-refractivity contribution >= 4 is 34.8 Å². The van der Waals surface area contributed by atoms with Crippen molar-refractivity contribution in [2.45, 2.75) is 0 Å². The lowest BCUT2D eigenvalue weighted by Gasteiger charge is -2.08. The highest BCUT2D eigenvalue weighted by Gasteiger charge is 2.12. The molecule has 0 fully saturated rings. The third-order valence-electron chi connectivity index (χ3n) is 2.37. The van der Waals surface area contributed by atoms with Crippen LogP contribution in [0.15, 0.2) is 36.7 Å². The number of hydrogen-bond donors (Lipinski definition) is 1. The first-order chi connectivity index (χ1) is 9.11. The number of nitrogens with zero attached hydrogens (tertiary/aromatic N) is 2. The molecule has 2 aromatic rings. The minimum atomic E-state index is -0.425. The molecule has 0 spiro atoms. The van der Waals surface area contributed by atoms with Crippen LogP contribution in [0.2, 0.25) is 10.0 Å². The number of nitriles is 1. The summed E-state index contributed by atoms with van der Waals surface area (Å²) in [4.78, 5) is 15.8. The Kier molecular flexibility index (Phi) is 4.00. The fraction of sp³-hybridized carbons (Fsp3) is 0. The standard InChI is InChI=1S/C13H7Cl2N3O/c14-9-2-1-8(6-16)12(5-9)18-13(19)10-3-4-17-7-11(10)15/h1-5,7H,(H,18,19). The molecule has 0 radical (unpaired) electrons. The van der Waals surface area contributed by atoms with Crippen LogP contribution in [0.4, 0.5) is 5.69 Å². The number of anilines is 1. The van der Waals surface area contributed by atoms with Crippen LogP contribution in [0.3, 0.4) is 0 Å². The van der Waals surface area contributed by atoms with Crippen molar-refractivity contribution < 1.29 is 4.79 Å². The zero-order chi connectivity index (χ0) is 13.8. The zero-order valence-electron chi connectivity index (χ0n) is 9.52. The molecule has 0 saturated carbocycles. The Balaban J connectivity index is 2.32. The molecule has 0 aliphatic carbocycles. The van der Waals surface area contributed by atoms with Crippen molar-refractivity contribution in [2.24, 2.45) is 0 Å². The highest BCUT2D eigenvalue weighted by Crippen LogP contribution is 2.22. The van der Waals surface area contributed by atoms with E-state index in [1.165, 1.54) is 30.6 Å². The minimum absolute atomic E-state index is 0.237. The second-order valence-electron chi connectivity index (χ2n) is 3.61. The van der Waals surface area contributed by atoms with Gasteiger partial charge in [-0.05, 0) is 24.3 Å². The van der Waals surface area contributed by atoms with Gasteiger partial charge in [0.25, 0.3) is 5.91 Å². The highest BCUT2D eigenvalue weighted by molar-refractivity contribution is 6.34. The van der Waals surface area contributed by atoms with Gasteiger partial charge in [0.2, 0.25) is 0 Å². The van der Waals surface area contributed by atoms with Crippen molar-refractivity contribution in [3.05, 3.63) is 57.8 Å². The molecular weight excluding hydrogens is 285 g/mol. The summed E-state index contributed by atoms with van der Waals surface area (Å²) in [6.45, 7) is 0. The maximum atomic E-state index is 12.0. The fourth-order valence-electron chi connectivity index (χ4n) is 1.47. The van der Waals surface area contributed by atoms with Gasteiger partial charge in [-0.15, -0.1) is 0 Å². The van der Waals surface area contributed by atoms with E-state index in [-0.39, 0.29) is 10.6 Å². The second kappa shape index (κ2) is 5.70. The first-order valence-electron chi connectivity index (χ1n) is 5.22. The number of amides is 1. The molecule has 0 aliphatic heterocycles. The van der Waals surface area contributed by atoms with E-state index in [9.17, 15) is 4.79 Å². The van der Waals surface area contributed by atoms with Gasteiger partial charge in [-0.3, -0.25) is 9.78 Å². The van der Waals surface area contributed by atoms with E-state index in [1.807, 2.05) is 6.07 Å². The Morgan fingerprint density at radius 1 is 1.32 bits per heavy atom. The molecule has 19 heavy (non-hydrogen) atoms. The molecule has 4 nitrogen and oxygen atoms in total. The average molecular weight is 292 g/mol. The highest BCUT2D eigenvalue weighted by atomic mass is 35.5. The summed E-state index contributed by atoms with van der Waals surface area (Å²) in [6.07, 6.45) is 2.84. The molecular formula is C13H7Cl2N3O. The van der Waals surface area contributed by atoms with E-state index in [0.717, 1.165) is 0 Å². The summed E-state index contributed by atoms with van der Waals surface area (Å²) >= 11 is 11.7. The maximum absolute atomic E-state index is 12.0. The lowest BCUT2D eigenvalue weighted by Crippen LogP contribution is -2.13. The van der Waals surface area contributed by atoms with Crippen LogP contribution in [0.5, 0.6) is 0 Å². The number of nitrogens with one attached hydrogen (secondary N) is 1. The third-order valence-corrected chi connectivity index (χ3v) is 2.90. The van der Waals surface area contributed by atoms with Gasteiger partial charge in [-0.2, -0.15) is 5.26 Å². The summed E-state index contributed by atoms with van der Waals surface area (Å²) in [5, 5.41) is 12.2. The van der Waals surface area contributed by atoms with Gasteiger partial charge in [-0.1, -0.05) is 23.2 Å². The number of aromatic nitrogens is 1. The van der Waals surface area contributed by atoms with E-state index in [4.69, 9.17) is 28.5 Å². The molecule has 1 N–H and O–H groups in total. The Morgan fingerprint density at radius 2 is 2.11 bits per heavy atom. The third kappa shape index (κ3) is 3.02. The Labute approximate surface area is 119 Å². The zero-order valence-corrected chi connectivity index (χ0v) is 11.0. The Bertz CT molecular complexity index is 680. The number of benzene rings is 1. The molecule has 1 aromatic carbocycles. The molecule has 1 amide bonds. The van der Waals surface area contributed by atoms with Gasteiger partial charge in [0.1, 0.15) is 6.07 Å². The van der Waals surface area contributed by atoms with E-state index in [0.29, 0.717) is 16.3 Å². The number of hydrogen-bond acceptors (Lipinski definition) is 3. The van der Waals surface area contributed by atoms with E-state index in [1.54, 1.807) is 6.07 Å². The van der Waals surface area contributed by atoms with E-state index in [2.05, 4.69) is 10.3 Å². The van der Waals surface area contributed by atoms with Gasteiger partial charge in [-0.25, -0.2) is 0 Å². The maximum Gasteiger partial charge on any atom is 0.257 e. The van der Waals surface area contributed by atoms with Crippen LogP contribution in [0.25, 0.3) is 0 Å². The number of halogens is 2. The normalized spacial score (nSPS) is 9.74. The lowest BCUT2D eigenvalue weighted by atomic mass is 10.2. The summed E-state index contributed by atoms with van der Waals surface area (Å²) < 4.78 is 0. The van der Waals surface area contributed by atoms with Crippen LogP contribution in [0, 0.1) is 11.3 Å². The van der Waals surface area contributed by atoms with Gasteiger partial charge in [0.05, 0.1) is 21.8 Å². The topological polar surface area (TPSA) is 65.8 Å². The van der Waals surface area contributed by atoms with Crippen LogP contribution in [0.1, 0.15) is 15.9 Å². The van der Waals surface area contributed by atoms with Crippen LogP contribution >= 0.6 is 23.2 Å². The minimum Gasteiger partial charge on any atom is -0.321 e. The van der Waals surface area contributed by atoms with E-state index < -0.39 is 5.91 Å². The van der Waals surface area contributed by atoms with Gasteiger partial charge in [0.15, 0.2) is 0 Å². The smallest absolute Gasteiger partial charge is 0.257 e. The summed E-state index contributed by atoms with van der Waals surface area (Å²) in [6, 6.07) is 8.09. The SMILES string of the molecule is N#Cc1ccc(Cl)cc1NC(=O)c1ccncc1Cl. The second-order valence-corrected chi connectivity index (χ2v) is 4.45. The number of carbonyl (C=O) groups is 1. The van der Waals surface area contributed by atoms with Gasteiger partial charge >= 0.3 is 0 Å². The summed E-state index contributed by atoms with van der Waals surface area (Å²) in [7, 11) is 0. The summed E-state index contributed by atoms with van der Waals surface area (Å²) in [5.74, 6) is -0.425. The molecule has 0 unspecified atom stereocenters. The molecule has 0 aliphatic rings. The summed E-state index contributed by atoms with van der Waals surface area (Å²) in [5.41, 5.74) is 0.941. The van der Waals surface area contributed by atoms with Crippen molar-refractivity contribution in [2.75, 3.05) is 5.32 Å². The lowest BCUT2D eigenvalue weighted by molar-refractivity contribution is 0.102. The number of carbonyl (C=O) groups excluding carboxylic acids is 1. The molecule has 1 heterocycles. The Morgan fingerprint density at radius 3 is 2.79 bits per heavy atom. The van der Waals surface area contributed by atoms with Crippen LogP contribution in [-0.4, -0.2) is 10.9 Å². The van der Waals surface area contributed by atoms with Crippen LogP contribution < -0.4 is 5.32 Å². The molecule has 2 rings (SSSR count). The van der Waals surface area contributed by atoms with Crippen molar-refractivity contribution in [3.63, 3.8) is 0 Å². The number of pyridine rings is 1. The first kappa shape index (κ1) is 13.3. The van der Waals surface area contributed by atoms with Crippen molar-refractivity contribution in [1.29, 1.82) is 5.26 Å². The predicted molar refractivity (Wildman–Crippen MR) is 73.4 cm³/mol. The number of rotatable bonds is 2. The predicted octanol–water partition coefficient (Wildman–Crippen LogP) is 3.51. The Hall–Kier alpha value is -2.09. The van der Waals surface area contributed by atoms with Gasteiger partial charge in [0, 0.05) is 17.4 Å². The first-order valence-corrected chi connectivity index (χ1v) is 5.98. The molecule has 0 bridgehead atoms. The van der Waals surface area contributed by atoms with Crippen LogP contribution in [-0.2, 0) is 0 Å². The molecule has 1 aromatic heterocycles. The molecule has 94 valence electrons. The van der Waals surface area contributed by atoms with Crippen molar-refractivity contribution in [3.8, 4) is 6.07 Å². The monoisotopic (exact) mass is 291 g/mol. The molecule has 6 heteroatoms.